The lowest BCUT2D eigenvalue weighted by atomic mass is 9.66. The molecule has 76 valence electrons. The highest BCUT2D eigenvalue weighted by Gasteiger charge is 2.55. The van der Waals surface area contributed by atoms with Gasteiger partial charge in [0, 0.05) is 5.41 Å². The van der Waals surface area contributed by atoms with E-state index >= 15 is 0 Å². The van der Waals surface area contributed by atoms with Crippen LogP contribution in [0.4, 0.5) is 0 Å². The molecule has 0 amide bonds. The van der Waals surface area contributed by atoms with Crippen molar-refractivity contribution in [1.29, 1.82) is 0 Å². The summed E-state index contributed by atoms with van der Waals surface area (Å²) in [6, 6.07) is 0. The van der Waals surface area contributed by atoms with Gasteiger partial charge in [0.1, 0.15) is 0 Å². The maximum Gasteiger partial charge on any atom is 0.000630 e. The van der Waals surface area contributed by atoms with Gasteiger partial charge in [-0.15, -0.1) is 0 Å². The van der Waals surface area contributed by atoms with Crippen molar-refractivity contribution < 1.29 is 0 Å². The molecule has 2 bridgehead atoms. The van der Waals surface area contributed by atoms with Crippen molar-refractivity contribution in [3.63, 3.8) is 0 Å². The number of hydrogen-bond donors (Lipinski definition) is 0. The molecule has 3 aliphatic carbocycles. The Morgan fingerprint density at radius 1 is 1.43 bits per heavy atom. The number of rotatable bonds is 0. The normalized spacial score (nSPS) is 52.7. The Bertz CT molecular complexity index is 310. The molecule has 14 heavy (non-hydrogen) atoms. The molecule has 0 saturated heterocycles. The molecule has 0 aromatic carbocycles. The summed E-state index contributed by atoms with van der Waals surface area (Å²) in [4.78, 5) is 0. The zero-order valence-electron chi connectivity index (χ0n) is 9.29. The summed E-state index contributed by atoms with van der Waals surface area (Å²) in [5.74, 6) is 2.62. The zero-order chi connectivity index (χ0) is 9.76. The smallest absolute Gasteiger partial charge is 0.000630 e. The number of allylic oxidation sites excluding steroid dienone is 4. The predicted molar refractivity (Wildman–Crippen MR) is 59.9 cm³/mol. The number of hydrogen-bond acceptors (Lipinski definition) is 0. The van der Waals surface area contributed by atoms with E-state index in [1.807, 2.05) is 0 Å². The summed E-state index contributed by atoms with van der Waals surface area (Å²) in [7, 11) is 0. The van der Waals surface area contributed by atoms with Gasteiger partial charge in [0.25, 0.3) is 0 Å². The second kappa shape index (κ2) is 2.74. The molecule has 0 heterocycles. The van der Waals surface area contributed by atoms with E-state index in [-0.39, 0.29) is 0 Å². The van der Waals surface area contributed by atoms with Crippen LogP contribution in [-0.2, 0) is 0 Å². The van der Waals surface area contributed by atoms with Gasteiger partial charge in [0.05, 0.1) is 0 Å². The van der Waals surface area contributed by atoms with Crippen molar-refractivity contribution in [3.05, 3.63) is 23.8 Å². The van der Waals surface area contributed by atoms with Crippen LogP contribution in [0, 0.1) is 23.2 Å². The largest absolute Gasteiger partial charge is 0.0873 e. The van der Waals surface area contributed by atoms with Gasteiger partial charge < -0.3 is 0 Å². The van der Waals surface area contributed by atoms with E-state index in [0.717, 1.165) is 17.8 Å². The van der Waals surface area contributed by atoms with Crippen molar-refractivity contribution in [3.8, 4) is 0 Å². The fraction of sp³-hybridized carbons (Fsp3) is 0.714. The molecule has 1 spiro atoms. The molecule has 4 unspecified atom stereocenters. The van der Waals surface area contributed by atoms with Crippen LogP contribution in [0.5, 0.6) is 0 Å². The number of fused-ring (bicyclic) bond motifs is 3. The predicted octanol–water partition coefficient (Wildman–Crippen LogP) is 3.95. The average molecular weight is 188 g/mol. The van der Waals surface area contributed by atoms with Gasteiger partial charge in [-0.25, -0.2) is 0 Å². The highest BCUT2D eigenvalue weighted by Crippen LogP contribution is 2.65. The molecule has 2 fully saturated rings. The van der Waals surface area contributed by atoms with E-state index in [2.05, 4.69) is 32.1 Å². The van der Waals surface area contributed by atoms with E-state index in [9.17, 15) is 0 Å². The SMILES string of the molecule is CC=C1C2C=CC(C2)C12CCCC2C. The van der Waals surface area contributed by atoms with Gasteiger partial charge in [-0.2, -0.15) is 0 Å². The second-order valence-electron chi connectivity index (χ2n) is 5.41. The Morgan fingerprint density at radius 3 is 2.93 bits per heavy atom. The first-order chi connectivity index (χ1) is 6.79. The molecule has 0 N–H and O–H groups in total. The van der Waals surface area contributed by atoms with Gasteiger partial charge in [0.2, 0.25) is 0 Å². The quantitative estimate of drug-likeness (QED) is 0.505. The third kappa shape index (κ3) is 0.809. The fourth-order valence-corrected chi connectivity index (χ4v) is 4.54. The minimum absolute atomic E-state index is 0.605. The summed E-state index contributed by atoms with van der Waals surface area (Å²) in [5, 5.41) is 0. The molecule has 3 aliphatic rings. The molecular formula is C14H20. The molecule has 0 nitrogen and oxygen atoms in total. The zero-order valence-corrected chi connectivity index (χ0v) is 9.29. The average Bonchev–Trinajstić information content (AvgIpc) is 2.83. The van der Waals surface area contributed by atoms with Crippen molar-refractivity contribution in [2.24, 2.45) is 23.2 Å². The van der Waals surface area contributed by atoms with E-state index in [1.165, 1.54) is 25.7 Å². The summed E-state index contributed by atoms with van der Waals surface area (Å²) < 4.78 is 0. The van der Waals surface area contributed by atoms with Crippen LogP contribution in [-0.4, -0.2) is 0 Å². The first kappa shape index (κ1) is 8.76. The molecule has 0 aromatic rings. The molecule has 2 saturated carbocycles. The molecule has 4 atom stereocenters. The Labute approximate surface area is 87.1 Å². The maximum absolute atomic E-state index is 2.51. The van der Waals surface area contributed by atoms with E-state index < -0.39 is 0 Å². The molecule has 3 rings (SSSR count). The molecule has 0 aliphatic heterocycles. The summed E-state index contributed by atoms with van der Waals surface area (Å²) >= 11 is 0. The minimum Gasteiger partial charge on any atom is -0.0873 e. The van der Waals surface area contributed by atoms with Gasteiger partial charge in [-0.05, 0) is 43.9 Å². The van der Waals surface area contributed by atoms with Gasteiger partial charge in [0.15, 0.2) is 0 Å². The van der Waals surface area contributed by atoms with E-state index in [1.54, 1.807) is 5.57 Å². The van der Waals surface area contributed by atoms with E-state index in [0.29, 0.717) is 5.41 Å². The van der Waals surface area contributed by atoms with Crippen LogP contribution in [0.15, 0.2) is 23.8 Å². The molecule has 0 radical (unpaired) electrons. The first-order valence-corrected chi connectivity index (χ1v) is 6.14. The lowest BCUT2D eigenvalue weighted by Crippen LogP contribution is -2.30. The van der Waals surface area contributed by atoms with Gasteiger partial charge in [-0.3, -0.25) is 0 Å². The summed E-state index contributed by atoms with van der Waals surface area (Å²) in [6.07, 6.45) is 13.2. The summed E-state index contributed by atoms with van der Waals surface area (Å²) in [6.45, 7) is 4.72. The molecule has 0 aromatic heterocycles. The van der Waals surface area contributed by atoms with Crippen LogP contribution in [0.1, 0.15) is 39.5 Å². The van der Waals surface area contributed by atoms with Gasteiger partial charge in [-0.1, -0.05) is 37.1 Å². The van der Waals surface area contributed by atoms with Crippen molar-refractivity contribution in [1.82, 2.24) is 0 Å². The monoisotopic (exact) mass is 188 g/mol. The highest BCUT2D eigenvalue weighted by atomic mass is 14.6. The minimum atomic E-state index is 0.605. The Kier molecular flexibility index (Phi) is 1.72. The maximum atomic E-state index is 2.51. The van der Waals surface area contributed by atoms with Crippen LogP contribution >= 0.6 is 0 Å². The van der Waals surface area contributed by atoms with Gasteiger partial charge >= 0.3 is 0 Å². The Balaban J connectivity index is 2.10. The second-order valence-corrected chi connectivity index (χ2v) is 5.41. The molecule has 0 heteroatoms. The third-order valence-corrected chi connectivity index (χ3v) is 5.10. The Morgan fingerprint density at radius 2 is 2.29 bits per heavy atom. The fourth-order valence-electron chi connectivity index (χ4n) is 4.54. The first-order valence-electron chi connectivity index (χ1n) is 6.14. The molecular weight excluding hydrogens is 168 g/mol. The lowest BCUT2D eigenvalue weighted by Gasteiger charge is -2.38. The Hall–Kier alpha value is -0.520. The van der Waals surface area contributed by atoms with Crippen LogP contribution < -0.4 is 0 Å². The third-order valence-electron chi connectivity index (χ3n) is 5.10. The van der Waals surface area contributed by atoms with Crippen LogP contribution in [0.25, 0.3) is 0 Å². The van der Waals surface area contributed by atoms with E-state index in [4.69, 9.17) is 0 Å². The topological polar surface area (TPSA) is 0 Å². The van der Waals surface area contributed by atoms with Crippen molar-refractivity contribution in [2.75, 3.05) is 0 Å². The highest BCUT2D eigenvalue weighted by molar-refractivity contribution is 5.37. The van der Waals surface area contributed by atoms with Crippen LogP contribution in [0.2, 0.25) is 0 Å². The van der Waals surface area contributed by atoms with Crippen molar-refractivity contribution >= 4 is 0 Å². The lowest BCUT2D eigenvalue weighted by molar-refractivity contribution is 0.224. The summed E-state index contributed by atoms with van der Waals surface area (Å²) in [5.41, 5.74) is 2.39. The van der Waals surface area contributed by atoms with Crippen molar-refractivity contribution in [2.45, 2.75) is 39.5 Å². The van der Waals surface area contributed by atoms with Crippen LogP contribution in [0.3, 0.4) is 0 Å². The standard InChI is InChI=1S/C14H20/c1-3-13-11-6-7-12(9-11)14(13)8-4-5-10(14)2/h3,6-7,10-12H,4-5,8-9H2,1-2H3.